The van der Waals surface area contributed by atoms with Crippen LogP contribution in [0.5, 0.6) is 0 Å². The highest BCUT2D eigenvalue weighted by Gasteiger charge is 2.50. The molecule has 33 heavy (non-hydrogen) atoms. The number of benzene rings is 2. The van der Waals surface area contributed by atoms with Crippen LogP contribution in [-0.4, -0.2) is 72.1 Å². The average Bonchev–Trinajstić information content (AvgIpc) is 3.19. The number of carbonyl (C=O) groups is 3. The maximum atomic E-state index is 12.2. The molecular weight excluding hydrogens is 430 g/mol. The molecule has 174 valence electrons. The van der Waals surface area contributed by atoms with Gasteiger partial charge in [-0.05, 0) is 17.7 Å². The molecule has 4 rings (SSSR count). The van der Waals surface area contributed by atoms with E-state index >= 15 is 0 Å². The minimum absolute atomic E-state index is 0.0677. The number of aromatic carboxylic acids is 2. The van der Waals surface area contributed by atoms with Crippen LogP contribution in [0.2, 0.25) is 0 Å². The van der Waals surface area contributed by atoms with E-state index < -0.39 is 11.9 Å². The van der Waals surface area contributed by atoms with Crippen LogP contribution >= 0.6 is 0 Å². The topological polar surface area (TPSA) is 138 Å². The molecule has 0 saturated carbocycles. The van der Waals surface area contributed by atoms with Crippen LogP contribution in [0, 0.1) is 5.41 Å². The second-order valence-electron chi connectivity index (χ2n) is 7.66. The summed E-state index contributed by atoms with van der Waals surface area (Å²) in [5.74, 6) is -2.46. The van der Waals surface area contributed by atoms with Gasteiger partial charge < -0.3 is 30.0 Å². The van der Waals surface area contributed by atoms with Gasteiger partial charge in [-0.1, -0.05) is 47.6 Å². The maximum Gasteiger partial charge on any atom is 0.410 e. The molecule has 0 atom stereocenters. The van der Waals surface area contributed by atoms with E-state index in [2.05, 4.69) is 10.5 Å². The van der Waals surface area contributed by atoms with E-state index in [0.29, 0.717) is 13.1 Å². The van der Waals surface area contributed by atoms with Crippen LogP contribution in [0.25, 0.3) is 0 Å². The largest absolute Gasteiger partial charge is 0.478 e. The monoisotopic (exact) mass is 455 g/mol. The highest BCUT2D eigenvalue weighted by Crippen LogP contribution is 2.32. The zero-order valence-corrected chi connectivity index (χ0v) is 18.1. The highest BCUT2D eigenvalue weighted by atomic mass is 16.6. The molecule has 0 aromatic heterocycles. The molecule has 10 heteroatoms. The molecule has 2 saturated heterocycles. The van der Waals surface area contributed by atoms with Gasteiger partial charge in [0.2, 0.25) is 0 Å². The van der Waals surface area contributed by atoms with Gasteiger partial charge >= 0.3 is 18.0 Å². The number of likely N-dealkylation sites (tertiary alicyclic amines) is 1. The smallest absolute Gasteiger partial charge is 0.410 e. The van der Waals surface area contributed by atoms with Crippen molar-refractivity contribution in [3.8, 4) is 0 Å². The standard InChI is InChI=1S/C15H19N3O3.C8H6O4/c1-20-17-13-7-18(11-15(13)9-16-10-15)14(19)21-8-12-5-3-2-4-6-12;9-7(10)5-3-1-2-4-6(5)8(11)12/h2-6,16H,7-11H2,1H3;1-4H,(H,9,10)(H,11,12). The molecule has 0 aliphatic carbocycles. The van der Waals surface area contributed by atoms with Gasteiger partial charge in [-0.15, -0.1) is 0 Å². The van der Waals surface area contributed by atoms with Gasteiger partial charge in [0, 0.05) is 19.6 Å². The SMILES string of the molecule is CON=C1CN(C(=O)OCc2ccccc2)CC12CNC2.O=C(O)c1ccccc1C(=O)O. The summed E-state index contributed by atoms with van der Waals surface area (Å²) in [6, 6.07) is 15.1. The van der Waals surface area contributed by atoms with Gasteiger partial charge in [0.1, 0.15) is 13.7 Å². The van der Waals surface area contributed by atoms with Crippen molar-refractivity contribution in [3.63, 3.8) is 0 Å². The zero-order valence-electron chi connectivity index (χ0n) is 18.1. The number of nitrogens with one attached hydrogen (secondary N) is 1. The Hall–Kier alpha value is -3.92. The number of hydrogen-bond acceptors (Lipinski definition) is 7. The van der Waals surface area contributed by atoms with Crippen LogP contribution in [0.15, 0.2) is 59.8 Å². The third-order valence-electron chi connectivity index (χ3n) is 5.43. The molecule has 2 aliphatic rings. The molecule has 2 aromatic rings. The molecule has 2 heterocycles. The predicted molar refractivity (Wildman–Crippen MR) is 118 cm³/mol. The van der Waals surface area contributed by atoms with Crippen molar-refractivity contribution < 1.29 is 34.2 Å². The first-order valence-electron chi connectivity index (χ1n) is 10.2. The Kier molecular flexibility index (Phi) is 7.62. The third kappa shape index (κ3) is 5.66. The number of oxime groups is 1. The average molecular weight is 455 g/mol. The molecule has 2 fully saturated rings. The van der Waals surface area contributed by atoms with E-state index in [1.807, 2.05) is 30.3 Å². The number of rotatable bonds is 5. The second kappa shape index (κ2) is 10.6. The van der Waals surface area contributed by atoms with E-state index in [1.165, 1.54) is 31.4 Å². The molecule has 1 spiro atoms. The van der Waals surface area contributed by atoms with Gasteiger partial charge in [0.25, 0.3) is 0 Å². The fourth-order valence-corrected chi connectivity index (χ4v) is 3.64. The Balaban J connectivity index is 0.000000218. The fourth-order valence-electron chi connectivity index (χ4n) is 3.64. The maximum absolute atomic E-state index is 12.2. The van der Waals surface area contributed by atoms with E-state index in [0.717, 1.165) is 24.4 Å². The number of hydrogen-bond donors (Lipinski definition) is 3. The number of carboxylic acid groups (broad SMARTS) is 2. The molecule has 0 radical (unpaired) electrons. The predicted octanol–water partition coefficient (Wildman–Crippen LogP) is 2.31. The van der Waals surface area contributed by atoms with E-state index in [9.17, 15) is 14.4 Å². The lowest BCUT2D eigenvalue weighted by Gasteiger charge is -2.38. The normalized spacial score (nSPS) is 17.0. The van der Waals surface area contributed by atoms with E-state index in [4.69, 9.17) is 19.8 Å². The lowest BCUT2D eigenvalue weighted by atomic mass is 9.79. The number of amides is 1. The molecule has 1 amide bonds. The van der Waals surface area contributed by atoms with Crippen molar-refractivity contribution in [1.29, 1.82) is 0 Å². The lowest BCUT2D eigenvalue weighted by Crippen LogP contribution is -2.58. The Morgan fingerprint density at radius 3 is 2.06 bits per heavy atom. The Morgan fingerprint density at radius 2 is 1.58 bits per heavy atom. The quantitative estimate of drug-likeness (QED) is 0.584. The summed E-state index contributed by atoms with van der Waals surface area (Å²) in [6.07, 6.45) is -0.300. The zero-order chi connectivity index (χ0) is 23.8. The van der Waals surface area contributed by atoms with Gasteiger partial charge in [0.15, 0.2) is 0 Å². The Bertz CT molecular complexity index is 1000. The second-order valence-corrected chi connectivity index (χ2v) is 7.66. The van der Waals surface area contributed by atoms with Crippen molar-refractivity contribution in [2.45, 2.75) is 6.61 Å². The first-order chi connectivity index (χ1) is 15.9. The number of ether oxygens (including phenoxy) is 1. The van der Waals surface area contributed by atoms with Gasteiger partial charge in [-0.25, -0.2) is 14.4 Å². The summed E-state index contributed by atoms with van der Waals surface area (Å²) in [4.78, 5) is 39.7. The van der Waals surface area contributed by atoms with Gasteiger partial charge in [-0.2, -0.15) is 0 Å². The minimum atomic E-state index is -1.23. The van der Waals surface area contributed by atoms with Crippen molar-refractivity contribution in [2.75, 3.05) is 33.3 Å². The molecule has 0 bridgehead atoms. The van der Waals surface area contributed by atoms with Crippen LogP contribution < -0.4 is 5.32 Å². The highest BCUT2D eigenvalue weighted by molar-refractivity contribution is 6.01. The minimum Gasteiger partial charge on any atom is -0.478 e. The first-order valence-corrected chi connectivity index (χ1v) is 10.2. The summed E-state index contributed by atoms with van der Waals surface area (Å²) in [5.41, 5.74) is 1.45. The Morgan fingerprint density at radius 1 is 1.00 bits per heavy atom. The summed E-state index contributed by atoms with van der Waals surface area (Å²) in [6.45, 7) is 3.06. The molecular formula is C23H25N3O7. The molecule has 2 aliphatic heterocycles. The van der Waals surface area contributed by atoms with Gasteiger partial charge in [0.05, 0.1) is 28.8 Å². The van der Waals surface area contributed by atoms with Gasteiger partial charge in [-0.3, -0.25) is 0 Å². The molecule has 10 nitrogen and oxygen atoms in total. The molecule has 2 aromatic carbocycles. The number of carboxylic acids is 2. The van der Waals surface area contributed by atoms with Crippen molar-refractivity contribution >= 4 is 23.7 Å². The summed E-state index contributed by atoms with van der Waals surface area (Å²) >= 11 is 0. The number of carbonyl (C=O) groups excluding carboxylic acids is 1. The van der Waals surface area contributed by atoms with Crippen LogP contribution in [0.4, 0.5) is 4.79 Å². The lowest BCUT2D eigenvalue weighted by molar-refractivity contribution is 0.0651. The molecule has 0 unspecified atom stereocenters. The summed E-state index contributed by atoms with van der Waals surface area (Å²) < 4.78 is 5.37. The van der Waals surface area contributed by atoms with Crippen LogP contribution in [0.1, 0.15) is 26.3 Å². The van der Waals surface area contributed by atoms with Crippen LogP contribution in [-0.2, 0) is 16.2 Å². The van der Waals surface area contributed by atoms with Crippen molar-refractivity contribution in [2.24, 2.45) is 10.6 Å². The summed E-state index contributed by atoms with van der Waals surface area (Å²) in [7, 11) is 1.53. The van der Waals surface area contributed by atoms with Crippen molar-refractivity contribution in [3.05, 3.63) is 71.3 Å². The number of nitrogens with zero attached hydrogens (tertiary/aromatic N) is 2. The van der Waals surface area contributed by atoms with E-state index in [-0.39, 0.29) is 29.2 Å². The third-order valence-corrected chi connectivity index (χ3v) is 5.43. The van der Waals surface area contributed by atoms with Crippen LogP contribution in [0.3, 0.4) is 0 Å². The Labute approximate surface area is 190 Å². The first kappa shape index (κ1) is 23.7. The summed E-state index contributed by atoms with van der Waals surface area (Å²) in [5, 5.41) is 24.4. The fraction of sp³-hybridized carbons (Fsp3) is 0.304. The van der Waals surface area contributed by atoms with E-state index in [1.54, 1.807) is 4.90 Å². The van der Waals surface area contributed by atoms with Crippen molar-refractivity contribution in [1.82, 2.24) is 10.2 Å². The molecule has 3 N–H and O–H groups in total.